The molecule has 2 aromatic rings. The predicted molar refractivity (Wildman–Crippen MR) is 78.0 cm³/mol. The summed E-state index contributed by atoms with van der Waals surface area (Å²) in [6.07, 6.45) is 1.66. The molecule has 0 saturated carbocycles. The molecule has 2 N–H and O–H groups in total. The van der Waals surface area contributed by atoms with Crippen molar-refractivity contribution in [2.75, 3.05) is 5.73 Å². The zero-order valence-corrected chi connectivity index (χ0v) is 11.9. The summed E-state index contributed by atoms with van der Waals surface area (Å²) in [5, 5.41) is 8.63. The van der Waals surface area contributed by atoms with Crippen LogP contribution in [0.3, 0.4) is 0 Å². The molecule has 0 saturated heterocycles. The van der Waals surface area contributed by atoms with Gasteiger partial charge in [-0.1, -0.05) is 12.1 Å². The van der Waals surface area contributed by atoms with Crippen LogP contribution in [0, 0.1) is 11.3 Å². The molecule has 0 bridgehead atoms. The Hall–Kier alpha value is -2.81. The average Bonchev–Trinajstić information content (AvgIpc) is 2.45. The molecule has 0 aliphatic carbocycles. The molecule has 1 aromatic heterocycles. The molecule has 6 nitrogen and oxygen atoms in total. The van der Waals surface area contributed by atoms with E-state index in [0.717, 1.165) is 5.56 Å². The third-order valence-corrected chi connectivity index (χ3v) is 2.58. The van der Waals surface area contributed by atoms with Crippen molar-refractivity contribution in [3.8, 4) is 23.6 Å². The van der Waals surface area contributed by atoms with Gasteiger partial charge in [0.2, 0.25) is 11.8 Å². The third kappa shape index (κ3) is 3.83. The van der Waals surface area contributed by atoms with Gasteiger partial charge in [0.15, 0.2) is 5.69 Å². The maximum absolute atomic E-state index is 8.63. The Morgan fingerprint density at radius 3 is 2.48 bits per heavy atom. The standard InChI is InChI=1S/C15H16N4O2/c1-10(2)20-14-13(17)15(19-9-18-14)21-12-5-3-11(4-6-12)7-8-16/h3-6,9-10H,7,17H2,1-2H3. The van der Waals surface area contributed by atoms with Gasteiger partial charge < -0.3 is 15.2 Å². The SMILES string of the molecule is CC(C)Oc1ncnc(Oc2ccc(CC#N)cc2)c1N. The first kappa shape index (κ1) is 14.6. The number of benzene rings is 1. The first-order chi connectivity index (χ1) is 10.1. The van der Waals surface area contributed by atoms with Crippen molar-refractivity contribution in [1.82, 2.24) is 9.97 Å². The average molecular weight is 284 g/mol. The number of ether oxygens (including phenoxy) is 2. The van der Waals surface area contributed by atoms with Crippen molar-refractivity contribution >= 4 is 5.69 Å². The van der Waals surface area contributed by atoms with E-state index in [4.69, 9.17) is 20.5 Å². The Morgan fingerprint density at radius 1 is 1.19 bits per heavy atom. The second kappa shape index (κ2) is 6.57. The Morgan fingerprint density at radius 2 is 1.86 bits per heavy atom. The van der Waals surface area contributed by atoms with E-state index < -0.39 is 0 Å². The van der Waals surface area contributed by atoms with Crippen molar-refractivity contribution in [2.45, 2.75) is 26.4 Å². The van der Waals surface area contributed by atoms with Crippen LogP contribution >= 0.6 is 0 Å². The molecule has 0 atom stereocenters. The van der Waals surface area contributed by atoms with Crippen LogP contribution in [0.25, 0.3) is 0 Å². The molecule has 1 heterocycles. The van der Waals surface area contributed by atoms with Gasteiger partial charge in [0, 0.05) is 0 Å². The van der Waals surface area contributed by atoms with Gasteiger partial charge in [-0.3, -0.25) is 0 Å². The topological polar surface area (TPSA) is 94.0 Å². The van der Waals surface area contributed by atoms with Crippen molar-refractivity contribution in [2.24, 2.45) is 0 Å². The highest BCUT2D eigenvalue weighted by molar-refractivity contribution is 5.56. The lowest BCUT2D eigenvalue weighted by Gasteiger charge is -2.13. The van der Waals surface area contributed by atoms with E-state index in [2.05, 4.69) is 16.0 Å². The Labute approximate surface area is 123 Å². The lowest BCUT2D eigenvalue weighted by Crippen LogP contribution is -2.10. The smallest absolute Gasteiger partial charge is 0.249 e. The summed E-state index contributed by atoms with van der Waals surface area (Å²) in [4.78, 5) is 7.99. The number of hydrogen-bond acceptors (Lipinski definition) is 6. The third-order valence-electron chi connectivity index (χ3n) is 2.58. The maximum Gasteiger partial charge on any atom is 0.249 e. The molecule has 2 rings (SSSR count). The first-order valence-corrected chi connectivity index (χ1v) is 6.51. The molecule has 1 aromatic carbocycles. The molecule has 108 valence electrons. The zero-order valence-electron chi connectivity index (χ0n) is 11.9. The summed E-state index contributed by atoms with van der Waals surface area (Å²) in [5.74, 6) is 1.13. The lowest BCUT2D eigenvalue weighted by molar-refractivity contribution is 0.233. The molecule has 21 heavy (non-hydrogen) atoms. The van der Waals surface area contributed by atoms with Crippen LogP contribution in [0.5, 0.6) is 17.5 Å². The molecular weight excluding hydrogens is 268 g/mol. The van der Waals surface area contributed by atoms with Crippen LogP contribution in [0.2, 0.25) is 0 Å². The van der Waals surface area contributed by atoms with E-state index in [1.165, 1.54) is 6.33 Å². The number of nitrogens with zero attached hydrogens (tertiary/aromatic N) is 3. The second-order valence-corrected chi connectivity index (χ2v) is 4.65. The summed E-state index contributed by atoms with van der Waals surface area (Å²) in [6.45, 7) is 3.77. The monoisotopic (exact) mass is 284 g/mol. The largest absolute Gasteiger partial charge is 0.473 e. The fourth-order valence-corrected chi connectivity index (χ4v) is 1.64. The molecule has 0 fully saturated rings. The molecular formula is C15H16N4O2. The predicted octanol–water partition coefficient (Wildman–Crippen LogP) is 2.70. The van der Waals surface area contributed by atoms with Gasteiger partial charge in [-0.15, -0.1) is 0 Å². The van der Waals surface area contributed by atoms with Crippen LogP contribution < -0.4 is 15.2 Å². The summed E-state index contributed by atoms with van der Waals surface area (Å²) < 4.78 is 11.1. The number of nitrogen functional groups attached to an aromatic ring is 1. The van der Waals surface area contributed by atoms with Gasteiger partial charge in [-0.2, -0.15) is 15.2 Å². The normalized spacial score (nSPS) is 10.2. The number of hydrogen-bond donors (Lipinski definition) is 1. The molecule has 0 spiro atoms. The molecule has 0 radical (unpaired) electrons. The van der Waals surface area contributed by atoms with Gasteiger partial charge in [0.1, 0.15) is 12.1 Å². The van der Waals surface area contributed by atoms with Crippen molar-refractivity contribution in [1.29, 1.82) is 5.26 Å². The van der Waals surface area contributed by atoms with Crippen LogP contribution in [-0.4, -0.2) is 16.1 Å². The Bertz CT molecular complexity index is 648. The van der Waals surface area contributed by atoms with Gasteiger partial charge >= 0.3 is 0 Å². The summed E-state index contributed by atoms with van der Waals surface area (Å²) in [7, 11) is 0. The Kier molecular flexibility index (Phi) is 4.57. The first-order valence-electron chi connectivity index (χ1n) is 6.51. The lowest BCUT2D eigenvalue weighted by atomic mass is 10.2. The van der Waals surface area contributed by atoms with E-state index in [9.17, 15) is 0 Å². The molecule has 0 aliphatic rings. The maximum atomic E-state index is 8.63. The van der Waals surface area contributed by atoms with E-state index in [1.807, 2.05) is 26.0 Å². The minimum Gasteiger partial charge on any atom is -0.473 e. The van der Waals surface area contributed by atoms with Crippen molar-refractivity contribution in [3.05, 3.63) is 36.2 Å². The quantitative estimate of drug-likeness (QED) is 0.907. The minimum atomic E-state index is -0.0414. The van der Waals surface area contributed by atoms with Gasteiger partial charge in [-0.05, 0) is 31.5 Å². The number of anilines is 1. The number of rotatable bonds is 5. The number of nitriles is 1. The van der Waals surface area contributed by atoms with E-state index >= 15 is 0 Å². The van der Waals surface area contributed by atoms with E-state index in [1.54, 1.807) is 12.1 Å². The zero-order chi connectivity index (χ0) is 15.2. The van der Waals surface area contributed by atoms with Crippen LogP contribution in [-0.2, 0) is 6.42 Å². The van der Waals surface area contributed by atoms with Crippen LogP contribution in [0.1, 0.15) is 19.4 Å². The molecule has 0 amide bonds. The second-order valence-electron chi connectivity index (χ2n) is 4.65. The van der Waals surface area contributed by atoms with Gasteiger partial charge in [0.05, 0.1) is 18.6 Å². The summed E-state index contributed by atoms with van der Waals surface area (Å²) >= 11 is 0. The number of nitrogens with two attached hydrogens (primary N) is 1. The molecule has 0 unspecified atom stereocenters. The summed E-state index contributed by atoms with van der Waals surface area (Å²) in [6, 6.07) is 9.25. The van der Waals surface area contributed by atoms with Crippen molar-refractivity contribution < 1.29 is 9.47 Å². The number of aromatic nitrogens is 2. The van der Waals surface area contributed by atoms with Gasteiger partial charge in [0.25, 0.3) is 0 Å². The van der Waals surface area contributed by atoms with Crippen LogP contribution in [0.15, 0.2) is 30.6 Å². The van der Waals surface area contributed by atoms with Gasteiger partial charge in [-0.25, -0.2) is 0 Å². The highest BCUT2D eigenvalue weighted by Gasteiger charge is 2.12. The van der Waals surface area contributed by atoms with Crippen LogP contribution in [0.4, 0.5) is 5.69 Å². The fraction of sp³-hybridized carbons (Fsp3) is 0.267. The summed E-state index contributed by atoms with van der Waals surface area (Å²) in [5.41, 5.74) is 7.12. The molecule has 6 heteroatoms. The van der Waals surface area contributed by atoms with E-state index in [0.29, 0.717) is 18.1 Å². The fourth-order valence-electron chi connectivity index (χ4n) is 1.64. The highest BCUT2D eigenvalue weighted by Crippen LogP contribution is 2.31. The highest BCUT2D eigenvalue weighted by atomic mass is 16.5. The minimum absolute atomic E-state index is 0.0414. The van der Waals surface area contributed by atoms with Crippen molar-refractivity contribution in [3.63, 3.8) is 0 Å². The Balaban J connectivity index is 2.17. The molecule has 0 aliphatic heterocycles. The van der Waals surface area contributed by atoms with E-state index in [-0.39, 0.29) is 17.7 Å².